The van der Waals surface area contributed by atoms with Gasteiger partial charge in [-0.15, -0.1) is 0 Å². The molecule has 0 aliphatic rings. The number of aryl methyl sites for hydroxylation is 1. The van der Waals surface area contributed by atoms with E-state index in [0.717, 1.165) is 6.42 Å². The van der Waals surface area contributed by atoms with E-state index in [1.807, 2.05) is 0 Å². The minimum Gasteiger partial charge on any atom is -0.324 e. The first-order valence-electron chi connectivity index (χ1n) is 9.06. The number of hydrogen-bond donors (Lipinski definition) is 1. The quantitative estimate of drug-likeness (QED) is 0.448. The Morgan fingerprint density at radius 1 is 0.762 bits per heavy atom. The molecule has 1 rings (SSSR count). The second kappa shape index (κ2) is 11.8. The Morgan fingerprint density at radius 3 is 1.76 bits per heavy atom. The average Bonchev–Trinajstić information content (AvgIpc) is 2.49. The zero-order valence-corrected chi connectivity index (χ0v) is 14.2. The number of unbranched alkanes of at least 4 members (excludes halogenated alkanes) is 9. The Morgan fingerprint density at radius 2 is 1.24 bits per heavy atom. The molecule has 0 spiro atoms. The maximum Gasteiger partial charge on any atom is 0.0294 e. The third kappa shape index (κ3) is 8.93. The first-order chi connectivity index (χ1) is 10.2. The molecule has 0 aliphatic carbocycles. The summed E-state index contributed by atoms with van der Waals surface area (Å²) in [5.41, 5.74) is 8.85. The Labute approximate surface area is 132 Å². The predicted octanol–water partition coefficient (Wildman–Crippen LogP) is 6.31. The van der Waals surface area contributed by atoms with Gasteiger partial charge in [-0.05, 0) is 18.9 Å². The van der Waals surface area contributed by atoms with Crippen LogP contribution in [0.25, 0.3) is 0 Å². The fourth-order valence-electron chi connectivity index (χ4n) is 2.83. The summed E-state index contributed by atoms with van der Waals surface area (Å²) in [6.07, 6.45) is 15.0. The maximum atomic E-state index is 6.25. The normalized spacial score (nSPS) is 12.5. The van der Waals surface area contributed by atoms with Gasteiger partial charge in [-0.25, -0.2) is 0 Å². The van der Waals surface area contributed by atoms with Crippen LogP contribution in [0.5, 0.6) is 0 Å². The highest BCUT2D eigenvalue weighted by molar-refractivity contribution is 5.23. The average molecular weight is 290 g/mol. The van der Waals surface area contributed by atoms with Gasteiger partial charge in [0, 0.05) is 6.04 Å². The fraction of sp³-hybridized carbons (Fsp3) is 0.700. The molecule has 0 amide bonds. The number of nitrogens with two attached hydrogens (primary N) is 1. The van der Waals surface area contributed by atoms with Crippen LogP contribution < -0.4 is 5.73 Å². The molecule has 0 radical (unpaired) electrons. The van der Waals surface area contributed by atoms with Gasteiger partial charge in [0.05, 0.1) is 0 Å². The summed E-state index contributed by atoms with van der Waals surface area (Å²) in [6.45, 7) is 4.40. The molecule has 0 saturated carbocycles. The van der Waals surface area contributed by atoms with Crippen LogP contribution in [-0.2, 0) is 0 Å². The number of benzene rings is 1. The second-order valence-corrected chi connectivity index (χ2v) is 6.49. The molecule has 0 heterocycles. The molecule has 0 fully saturated rings. The van der Waals surface area contributed by atoms with Crippen molar-refractivity contribution >= 4 is 0 Å². The highest BCUT2D eigenvalue weighted by atomic mass is 14.6. The van der Waals surface area contributed by atoms with Crippen LogP contribution in [-0.4, -0.2) is 0 Å². The molecule has 0 aromatic heterocycles. The van der Waals surface area contributed by atoms with Gasteiger partial charge in [0.15, 0.2) is 0 Å². The Balaban J connectivity index is 1.95. The van der Waals surface area contributed by atoms with Gasteiger partial charge in [0.1, 0.15) is 0 Å². The van der Waals surface area contributed by atoms with E-state index >= 15 is 0 Å². The summed E-state index contributed by atoms with van der Waals surface area (Å²) >= 11 is 0. The van der Waals surface area contributed by atoms with E-state index in [0.29, 0.717) is 0 Å². The van der Waals surface area contributed by atoms with Crippen molar-refractivity contribution in [3.05, 3.63) is 35.4 Å². The minimum atomic E-state index is 0.222. The van der Waals surface area contributed by atoms with Crippen molar-refractivity contribution < 1.29 is 0 Å². The van der Waals surface area contributed by atoms with Crippen LogP contribution in [0.3, 0.4) is 0 Å². The maximum absolute atomic E-state index is 6.25. The zero-order chi connectivity index (χ0) is 15.3. The third-order valence-electron chi connectivity index (χ3n) is 4.37. The van der Waals surface area contributed by atoms with Gasteiger partial charge in [-0.2, -0.15) is 0 Å². The predicted molar refractivity (Wildman–Crippen MR) is 94.6 cm³/mol. The molecule has 1 nitrogen and oxygen atoms in total. The van der Waals surface area contributed by atoms with Crippen molar-refractivity contribution in [1.82, 2.24) is 0 Å². The number of rotatable bonds is 12. The molecule has 0 bridgehead atoms. The van der Waals surface area contributed by atoms with Gasteiger partial charge >= 0.3 is 0 Å². The van der Waals surface area contributed by atoms with Crippen molar-refractivity contribution in [3.8, 4) is 0 Å². The SMILES string of the molecule is CCCCCCCCCCCCC(N)c1ccc(C)cc1. The van der Waals surface area contributed by atoms with E-state index in [1.165, 1.54) is 75.3 Å². The lowest BCUT2D eigenvalue weighted by Gasteiger charge is -2.12. The summed E-state index contributed by atoms with van der Waals surface area (Å²) in [5, 5.41) is 0. The van der Waals surface area contributed by atoms with Crippen molar-refractivity contribution in [3.63, 3.8) is 0 Å². The molecule has 1 aromatic rings. The van der Waals surface area contributed by atoms with Gasteiger partial charge in [-0.1, -0.05) is 101 Å². The third-order valence-corrected chi connectivity index (χ3v) is 4.37. The Hall–Kier alpha value is -0.820. The highest BCUT2D eigenvalue weighted by Gasteiger charge is 2.04. The molecule has 1 unspecified atom stereocenters. The molecule has 120 valence electrons. The lowest BCUT2D eigenvalue weighted by atomic mass is 9.99. The molecule has 2 N–H and O–H groups in total. The van der Waals surface area contributed by atoms with Gasteiger partial charge in [-0.3, -0.25) is 0 Å². The Bertz CT molecular complexity index is 341. The summed E-state index contributed by atoms with van der Waals surface area (Å²) in [7, 11) is 0. The van der Waals surface area contributed by atoms with Crippen molar-refractivity contribution in [2.45, 2.75) is 90.5 Å². The van der Waals surface area contributed by atoms with Gasteiger partial charge < -0.3 is 5.73 Å². The van der Waals surface area contributed by atoms with Crippen molar-refractivity contribution in [2.24, 2.45) is 5.73 Å². The van der Waals surface area contributed by atoms with Crippen LogP contribution in [0.4, 0.5) is 0 Å². The monoisotopic (exact) mass is 289 g/mol. The van der Waals surface area contributed by atoms with Gasteiger partial charge in [0.2, 0.25) is 0 Å². The van der Waals surface area contributed by atoms with Crippen molar-refractivity contribution in [2.75, 3.05) is 0 Å². The van der Waals surface area contributed by atoms with E-state index in [-0.39, 0.29) is 6.04 Å². The molecule has 0 saturated heterocycles. The topological polar surface area (TPSA) is 26.0 Å². The van der Waals surface area contributed by atoms with E-state index in [2.05, 4.69) is 38.1 Å². The smallest absolute Gasteiger partial charge is 0.0294 e. The van der Waals surface area contributed by atoms with Crippen LogP contribution in [0.1, 0.15) is 94.7 Å². The first kappa shape index (κ1) is 18.2. The van der Waals surface area contributed by atoms with E-state index in [9.17, 15) is 0 Å². The van der Waals surface area contributed by atoms with Crippen LogP contribution in [0, 0.1) is 6.92 Å². The van der Waals surface area contributed by atoms with E-state index < -0.39 is 0 Å². The van der Waals surface area contributed by atoms with E-state index in [1.54, 1.807) is 0 Å². The molecule has 21 heavy (non-hydrogen) atoms. The van der Waals surface area contributed by atoms with E-state index in [4.69, 9.17) is 5.73 Å². The summed E-state index contributed by atoms with van der Waals surface area (Å²) in [5.74, 6) is 0. The largest absolute Gasteiger partial charge is 0.324 e. The molecular formula is C20H35N. The zero-order valence-electron chi connectivity index (χ0n) is 14.2. The molecule has 0 aliphatic heterocycles. The first-order valence-corrected chi connectivity index (χ1v) is 9.06. The standard InChI is InChI=1S/C20H35N/c1-3-4-5-6-7-8-9-10-11-12-13-20(21)19-16-14-18(2)15-17-19/h14-17,20H,3-13,21H2,1-2H3. The Kier molecular flexibility index (Phi) is 10.2. The second-order valence-electron chi connectivity index (χ2n) is 6.49. The molecular weight excluding hydrogens is 254 g/mol. The molecule has 1 aromatic carbocycles. The lowest BCUT2D eigenvalue weighted by molar-refractivity contribution is 0.529. The van der Waals surface area contributed by atoms with Crippen LogP contribution in [0.2, 0.25) is 0 Å². The highest BCUT2D eigenvalue weighted by Crippen LogP contribution is 2.19. The molecule has 1 heteroatoms. The summed E-state index contributed by atoms with van der Waals surface area (Å²) in [6, 6.07) is 8.90. The van der Waals surface area contributed by atoms with Crippen LogP contribution in [0.15, 0.2) is 24.3 Å². The van der Waals surface area contributed by atoms with Crippen LogP contribution >= 0.6 is 0 Å². The fourth-order valence-corrected chi connectivity index (χ4v) is 2.83. The van der Waals surface area contributed by atoms with Gasteiger partial charge in [0.25, 0.3) is 0 Å². The molecule has 1 atom stereocenters. The number of hydrogen-bond acceptors (Lipinski definition) is 1. The summed E-state index contributed by atoms with van der Waals surface area (Å²) < 4.78 is 0. The minimum absolute atomic E-state index is 0.222. The lowest BCUT2D eigenvalue weighted by Crippen LogP contribution is -2.09. The van der Waals surface area contributed by atoms with Crippen molar-refractivity contribution in [1.29, 1.82) is 0 Å². The summed E-state index contributed by atoms with van der Waals surface area (Å²) in [4.78, 5) is 0.